The normalized spacial score (nSPS) is 11.3. The van der Waals surface area contributed by atoms with Gasteiger partial charge in [0.05, 0.1) is 39.1 Å². The van der Waals surface area contributed by atoms with E-state index in [2.05, 4.69) is 257 Å². The summed E-state index contributed by atoms with van der Waals surface area (Å²) in [6.45, 7) is 0. The van der Waals surface area contributed by atoms with Gasteiger partial charge in [0.1, 0.15) is 5.82 Å². The van der Waals surface area contributed by atoms with E-state index < -0.39 is 12.0 Å². The van der Waals surface area contributed by atoms with Crippen molar-refractivity contribution >= 4 is 65.2 Å². The molecule has 0 N–H and O–H groups in total. The number of benzene rings is 10. The second-order valence-corrected chi connectivity index (χ2v) is 17.0. The molecule has 8 nitrogen and oxygen atoms in total. The van der Waals surface area contributed by atoms with Crippen LogP contribution < -0.4 is 14.2 Å². The van der Waals surface area contributed by atoms with Gasteiger partial charge in [-0.2, -0.15) is 49.6 Å². The van der Waals surface area contributed by atoms with Crippen molar-refractivity contribution in [2.45, 2.75) is 6.18 Å². The van der Waals surface area contributed by atoms with E-state index in [0.29, 0.717) is 0 Å². The molecule has 0 unspecified atom stereocenters. The molecule has 0 aliphatic carbocycles. The van der Waals surface area contributed by atoms with Crippen molar-refractivity contribution in [2.24, 2.45) is 0 Å². The van der Waals surface area contributed by atoms with Crippen LogP contribution in [-0.4, -0.2) is 24.2 Å². The Kier molecular flexibility index (Phi) is 12.9. The molecule has 14 rings (SSSR count). The molecule has 0 fully saturated rings. The summed E-state index contributed by atoms with van der Waals surface area (Å²) < 4.78 is 45.0. The Morgan fingerprint density at radius 2 is 0.865 bits per heavy atom. The Bertz CT molecular complexity index is 3820. The van der Waals surface area contributed by atoms with Crippen LogP contribution in [0.4, 0.5) is 13.2 Å². The van der Waals surface area contributed by atoms with Crippen molar-refractivity contribution in [2.75, 3.05) is 0 Å². The molecule has 0 bridgehead atoms. The first kappa shape index (κ1) is 47.2. The topological polar surface area (TPSA) is 70.4 Å². The van der Waals surface area contributed by atoms with Crippen molar-refractivity contribution in [3.8, 4) is 34.3 Å². The zero-order chi connectivity index (χ0) is 49.3. The number of hydrogen-bond acceptors (Lipinski definition) is 3. The molecule has 0 aliphatic rings. The van der Waals surface area contributed by atoms with E-state index in [4.69, 9.17) is 0 Å². The molecule has 14 aromatic rings. The fourth-order valence-electron chi connectivity index (χ4n) is 9.24. The molecule has 0 saturated heterocycles. The van der Waals surface area contributed by atoms with Crippen LogP contribution in [0, 0.1) is 24.8 Å². The van der Waals surface area contributed by atoms with Gasteiger partial charge in [-0.05, 0) is 63.0 Å². The number of alkyl halides is 3. The summed E-state index contributed by atoms with van der Waals surface area (Å²) in [5.74, 6) is -1.37. The Balaban J connectivity index is 0.000000125. The number of hydrogen-bond donors (Lipinski definition) is 0. The number of para-hydroxylation sites is 4. The number of fused-ring (bicyclic) bond motifs is 6. The van der Waals surface area contributed by atoms with E-state index in [1.807, 2.05) is 12.1 Å². The maximum absolute atomic E-state index is 12.1. The predicted octanol–water partition coefficient (Wildman–Crippen LogP) is 13.1. The van der Waals surface area contributed by atoms with E-state index in [0.717, 1.165) is 55.6 Å². The Morgan fingerprint density at radius 3 is 1.32 bits per heavy atom. The van der Waals surface area contributed by atoms with Crippen molar-refractivity contribution in [3.05, 3.63) is 261 Å². The monoisotopic (exact) mass is 1140 g/mol. The van der Waals surface area contributed by atoms with Crippen LogP contribution in [0.25, 0.3) is 99.4 Å². The van der Waals surface area contributed by atoms with Crippen LogP contribution >= 0.6 is 0 Å². The van der Waals surface area contributed by atoms with E-state index in [9.17, 15) is 13.2 Å². The number of pyridine rings is 1. The number of aromatic nitrogens is 8. The molecule has 1 radical (unpaired) electrons. The van der Waals surface area contributed by atoms with Crippen molar-refractivity contribution in [3.63, 3.8) is 0 Å². The zero-order valence-electron chi connectivity index (χ0n) is 39.0. The Labute approximate surface area is 436 Å². The molecular weight excluding hydrogens is 1110 g/mol. The molecular formula is C62H38F3IrN8-3. The van der Waals surface area contributed by atoms with Crippen LogP contribution in [0.15, 0.2) is 231 Å². The van der Waals surface area contributed by atoms with Crippen LogP contribution in [-0.2, 0) is 26.3 Å². The fourth-order valence-corrected chi connectivity index (χ4v) is 9.24. The summed E-state index contributed by atoms with van der Waals surface area (Å²) in [5.41, 5.74) is 8.98. The SMILES string of the molecule is FC(F)(F)c1n[n-]c(-c2ccccn2)n1.[Ir].[c-]1ccc2ccccc2c1-n1[c-][n+](-c2cccc3ccccc23)c2ccccc21.[c-]1ccc2ccccc2c1-n1[c-][n+](-c2cccc3ccccc23)c2ccccc21. The van der Waals surface area contributed by atoms with Gasteiger partial charge in [-0.3, -0.25) is 19.2 Å². The first-order valence-electron chi connectivity index (χ1n) is 23.4. The minimum absolute atomic E-state index is 0. The van der Waals surface area contributed by atoms with Gasteiger partial charge in [0.2, 0.25) is 0 Å². The van der Waals surface area contributed by atoms with Crippen molar-refractivity contribution in [1.82, 2.24) is 29.3 Å². The molecule has 0 saturated carbocycles. The van der Waals surface area contributed by atoms with Gasteiger partial charge in [-0.15, -0.1) is 33.7 Å². The summed E-state index contributed by atoms with van der Waals surface area (Å²) in [5, 5.41) is 15.8. The third kappa shape index (κ3) is 8.97. The third-order valence-corrected chi connectivity index (χ3v) is 12.6. The quantitative estimate of drug-likeness (QED) is 0.127. The number of nitrogens with zero attached hydrogens (tertiary/aromatic N) is 8. The number of rotatable bonds is 5. The number of imidazole rings is 2. The third-order valence-electron chi connectivity index (χ3n) is 12.6. The van der Waals surface area contributed by atoms with Crippen molar-refractivity contribution in [1.29, 1.82) is 0 Å². The molecule has 4 heterocycles. The zero-order valence-corrected chi connectivity index (χ0v) is 41.4. The van der Waals surface area contributed by atoms with Gasteiger partial charge < -0.3 is 19.2 Å². The predicted molar refractivity (Wildman–Crippen MR) is 279 cm³/mol. The smallest absolute Gasteiger partial charge is 0.413 e. The summed E-state index contributed by atoms with van der Waals surface area (Å²) in [6.07, 6.45) is 4.09. The van der Waals surface area contributed by atoms with Crippen LogP contribution in [0.5, 0.6) is 0 Å². The summed E-state index contributed by atoms with van der Waals surface area (Å²) >= 11 is 0. The van der Waals surface area contributed by atoms with E-state index in [-0.39, 0.29) is 31.6 Å². The Morgan fingerprint density at radius 1 is 0.446 bits per heavy atom. The standard InChI is InChI=1S/2C27H17N2.C8H4F3N4.Ir/c2*1-3-13-22-20(9-1)11-7-17-24(22)28-19-29(27-16-6-5-15-26(27)28)25-18-8-12-21-10-2-4-14-23(21)25;9-8(10,11)7-13-6(14-15-7)5-3-1-2-4-12-5;/h2*1-17H;1-4H;/q3*-1;. The van der Waals surface area contributed by atoms with Crippen LogP contribution in [0.3, 0.4) is 0 Å². The van der Waals surface area contributed by atoms with Gasteiger partial charge in [0.25, 0.3) is 12.7 Å². The summed E-state index contributed by atoms with van der Waals surface area (Å²) in [6, 6.07) is 83.4. The largest absolute Gasteiger partial charge is 0.429 e. The molecule has 12 heteroatoms. The molecule has 4 aromatic heterocycles. The molecule has 0 amide bonds. The average Bonchev–Trinajstić information content (AvgIpc) is 4.21. The molecule has 0 aliphatic heterocycles. The molecule has 0 atom stereocenters. The first-order chi connectivity index (χ1) is 35.9. The Hall–Kier alpha value is -9.09. The molecule has 10 aromatic carbocycles. The second-order valence-electron chi connectivity index (χ2n) is 17.0. The van der Waals surface area contributed by atoms with Gasteiger partial charge in [0.15, 0.2) is 0 Å². The van der Waals surface area contributed by atoms with E-state index in [1.165, 1.54) is 44.6 Å². The van der Waals surface area contributed by atoms with Gasteiger partial charge in [0, 0.05) is 26.3 Å². The minimum Gasteiger partial charge on any atom is -0.413 e. The van der Waals surface area contributed by atoms with E-state index in [1.54, 1.807) is 12.1 Å². The van der Waals surface area contributed by atoms with Gasteiger partial charge in [-0.1, -0.05) is 164 Å². The van der Waals surface area contributed by atoms with Crippen molar-refractivity contribution < 1.29 is 42.4 Å². The van der Waals surface area contributed by atoms with Crippen LogP contribution in [0.1, 0.15) is 5.82 Å². The average molecular weight is 1140 g/mol. The van der Waals surface area contributed by atoms with E-state index >= 15 is 0 Å². The van der Waals surface area contributed by atoms with Crippen LogP contribution in [0.2, 0.25) is 0 Å². The maximum atomic E-state index is 12.1. The summed E-state index contributed by atoms with van der Waals surface area (Å²) in [7, 11) is 0. The fraction of sp³-hybridized carbons (Fsp3) is 0.0161. The molecule has 359 valence electrons. The minimum atomic E-state index is -4.57. The second kappa shape index (κ2) is 20.2. The van der Waals surface area contributed by atoms with Gasteiger partial charge in [-0.25, -0.2) is 0 Å². The molecule has 74 heavy (non-hydrogen) atoms. The maximum Gasteiger partial charge on any atom is 0.429 e. The first-order valence-corrected chi connectivity index (χ1v) is 23.4. The summed E-state index contributed by atoms with van der Waals surface area (Å²) in [4.78, 5) is 7.05. The van der Waals surface area contributed by atoms with Gasteiger partial charge >= 0.3 is 6.18 Å². The molecule has 0 spiro atoms. The number of halogens is 3.